The second-order valence-electron chi connectivity index (χ2n) is 10.8. The van der Waals surface area contributed by atoms with Crippen molar-refractivity contribution in [1.82, 2.24) is 19.8 Å². The summed E-state index contributed by atoms with van der Waals surface area (Å²) in [5, 5.41) is 7.15. The summed E-state index contributed by atoms with van der Waals surface area (Å²) in [7, 11) is 0. The van der Waals surface area contributed by atoms with Gasteiger partial charge in [-0.3, -0.25) is 14.9 Å². The highest BCUT2D eigenvalue weighted by Gasteiger charge is 2.29. The van der Waals surface area contributed by atoms with Crippen molar-refractivity contribution in [2.24, 2.45) is 5.41 Å². The van der Waals surface area contributed by atoms with Gasteiger partial charge in [-0.15, -0.1) is 0 Å². The van der Waals surface area contributed by atoms with E-state index in [0.29, 0.717) is 35.7 Å². The van der Waals surface area contributed by atoms with E-state index >= 15 is 0 Å². The SMILES string of the molecule is C=CC(=O)N1CCC[C@@H]1Cn1c(NC(=O)c2ccc(Cl)cc2)nc2cc(CN[C@@H](C)C(C)(C)C)ccc21. The molecule has 1 fully saturated rings. The van der Waals surface area contributed by atoms with Crippen molar-refractivity contribution in [2.45, 2.75) is 65.7 Å². The van der Waals surface area contributed by atoms with Gasteiger partial charge in [0.2, 0.25) is 11.9 Å². The molecule has 2 heterocycles. The van der Waals surface area contributed by atoms with Crippen molar-refractivity contribution >= 4 is 40.4 Å². The van der Waals surface area contributed by atoms with Crippen LogP contribution in [0.4, 0.5) is 5.95 Å². The van der Waals surface area contributed by atoms with Gasteiger partial charge in [-0.2, -0.15) is 0 Å². The molecule has 2 aromatic carbocycles. The number of rotatable bonds is 8. The lowest BCUT2D eigenvalue weighted by Gasteiger charge is -2.28. The molecule has 0 saturated carbocycles. The normalized spacial score (nSPS) is 16.7. The standard InChI is InChI=1S/C29H36ClN5O2/c1-6-26(36)34-15-7-8-23(34)18-35-25-14-9-20(17-31-19(2)29(3,4)5)16-24(25)32-28(35)33-27(37)21-10-12-22(30)13-11-21/h6,9-14,16,19,23,31H,1,7-8,15,17-18H2,2-5H3,(H,32,33,37)/t19-,23+/m0/s1. The van der Waals surface area contributed by atoms with E-state index in [2.05, 4.69) is 57.0 Å². The average Bonchev–Trinajstić information content (AvgIpc) is 3.46. The number of halogens is 1. The Morgan fingerprint density at radius 2 is 1.95 bits per heavy atom. The van der Waals surface area contributed by atoms with Gasteiger partial charge in [-0.1, -0.05) is 45.0 Å². The van der Waals surface area contributed by atoms with Crippen LogP contribution < -0.4 is 10.6 Å². The number of imidazole rings is 1. The number of nitrogens with one attached hydrogen (secondary N) is 2. The molecule has 0 radical (unpaired) electrons. The fourth-order valence-electron chi connectivity index (χ4n) is 4.56. The molecule has 0 unspecified atom stereocenters. The number of hydrogen-bond donors (Lipinski definition) is 2. The first-order valence-electron chi connectivity index (χ1n) is 12.8. The first-order valence-corrected chi connectivity index (χ1v) is 13.2. The van der Waals surface area contributed by atoms with Crippen molar-refractivity contribution < 1.29 is 9.59 Å². The maximum atomic E-state index is 13.1. The van der Waals surface area contributed by atoms with E-state index in [1.54, 1.807) is 24.3 Å². The van der Waals surface area contributed by atoms with Crippen LogP contribution in [0.3, 0.4) is 0 Å². The Kier molecular flexibility index (Phi) is 8.05. The minimum atomic E-state index is -0.264. The molecule has 1 aromatic heterocycles. The highest BCUT2D eigenvalue weighted by atomic mass is 35.5. The van der Waals surface area contributed by atoms with Gasteiger partial charge in [-0.25, -0.2) is 4.98 Å². The summed E-state index contributed by atoms with van der Waals surface area (Å²) < 4.78 is 2.01. The number of hydrogen-bond acceptors (Lipinski definition) is 4. The number of nitrogens with zero attached hydrogens (tertiary/aromatic N) is 3. The first kappa shape index (κ1) is 26.9. The Hall–Kier alpha value is -3.16. The summed E-state index contributed by atoms with van der Waals surface area (Å²) in [5.41, 5.74) is 3.48. The molecule has 0 spiro atoms. The summed E-state index contributed by atoms with van der Waals surface area (Å²) in [5.74, 6) is 0.126. The zero-order valence-corrected chi connectivity index (χ0v) is 22.8. The van der Waals surface area contributed by atoms with Crippen LogP contribution in [0.25, 0.3) is 11.0 Å². The van der Waals surface area contributed by atoms with Gasteiger partial charge in [0.1, 0.15) is 0 Å². The highest BCUT2D eigenvalue weighted by Crippen LogP contribution is 2.27. The van der Waals surface area contributed by atoms with Gasteiger partial charge in [0, 0.05) is 36.3 Å². The third-order valence-corrected chi connectivity index (χ3v) is 7.54. The first-order chi connectivity index (χ1) is 17.6. The summed E-state index contributed by atoms with van der Waals surface area (Å²) in [6, 6.07) is 13.3. The molecule has 7 nitrogen and oxygen atoms in total. The number of aromatic nitrogens is 2. The number of anilines is 1. The minimum Gasteiger partial charge on any atom is -0.334 e. The molecule has 1 aliphatic heterocycles. The van der Waals surface area contributed by atoms with Gasteiger partial charge in [-0.05, 0) is 73.2 Å². The molecule has 2 N–H and O–H groups in total. The lowest BCUT2D eigenvalue weighted by molar-refractivity contribution is -0.126. The summed E-state index contributed by atoms with van der Waals surface area (Å²) >= 11 is 5.99. The Balaban J connectivity index is 1.65. The number of likely N-dealkylation sites (tertiary alicyclic amines) is 1. The van der Waals surface area contributed by atoms with Crippen molar-refractivity contribution in [2.75, 3.05) is 11.9 Å². The van der Waals surface area contributed by atoms with Crippen LogP contribution in [0.2, 0.25) is 5.02 Å². The summed E-state index contributed by atoms with van der Waals surface area (Å²) in [4.78, 5) is 32.2. The molecule has 37 heavy (non-hydrogen) atoms. The van der Waals surface area contributed by atoms with E-state index in [9.17, 15) is 9.59 Å². The largest absolute Gasteiger partial charge is 0.334 e. The molecule has 0 aliphatic carbocycles. The molecule has 196 valence electrons. The Morgan fingerprint density at radius 3 is 2.62 bits per heavy atom. The smallest absolute Gasteiger partial charge is 0.257 e. The second-order valence-corrected chi connectivity index (χ2v) is 11.3. The van der Waals surface area contributed by atoms with E-state index < -0.39 is 0 Å². The Morgan fingerprint density at radius 1 is 1.22 bits per heavy atom. The van der Waals surface area contributed by atoms with Crippen molar-refractivity contribution in [3.63, 3.8) is 0 Å². The number of fused-ring (bicyclic) bond motifs is 1. The molecule has 0 bridgehead atoms. The quantitative estimate of drug-likeness (QED) is 0.376. The Bertz CT molecular complexity index is 1290. The van der Waals surface area contributed by atoms with Gasteiger partial charge < -0.3 is 14.8 Å². The van der Waals surface area contributed by atoms with E-state index in [1.165, 1.54) is 6.08 Å². The fourth-order valence-corrected chi connectivity index (χ4v) is 4.69. The molecular weight excluding hydrogens is 486 g/mol. The molecule has 8 heteroatoms. The maximum absolute atomic E-state index is 13.1. The summed E-state index contributed by atoms with van der Waals surface area (Å²) in [6.07, 6.45) is 3.19. The Labute approximate surface area is 223 Å². The van der Waals surface area contributed by atoms with Crippen LogP contribution in [-0.4, -0.2) is 44.9 Å². The molecule has 1 saturated heterocycles. The monoisotopic (exact) mass is 521 g/mol. The van der Waals surface area contributed by atoms with E-state index in [0.717, 1.165) is 36.0 Å². The van der Waals surface area contributed by atoms with Crippen LogP contribution in [0.5, 0.6) is 0 Å². The van der Waals surface area contributed by atoms with E-state index in [1.807, 2.05) is 15.5 Å². The third-order valence-electron chi connectivity index (χ3n) is 7.28. The predicted molar refractivity (Wildman–Crippen MR) is 150 cm³/mol. The molecule has 4 rings (SSSR count). The maximum Gasteiger partial charge on any atom is 0.257 e. The summed E-state index contributed by atoms with van der Waals surface area (Å²) in [6.45, 7) is 14.5. The molecule has 2 amide bonds. The lowest BCUT2D eigenvalue weighted by Crippen LogP contribution is -2.37. The molecular formula is C29H36ClN5O2. The molecule has 2 atom stereocenters. The van der Waals surface area contributed by atoms with Crippen molar-refractivity contribution in [1.29, 1.82) is 0 Å². The van der Waals surface area contributed by atoms with Crippen LogP contribution in [0.15, 0.2) is 55.1 Å². The molecule has 1 aliphatic rings. The fraction of sp³-hybridized carbons (Fsp3) is 0.414. The van der Waals surface area contributed by atoms with Crippen LogP contribution >= 0.6 is 11.6 Å². The van der Waals surface area contributed by atoms with Crippen molar-refractivity contribution in [3.8, 4) is 0 Å². The third kappa shape index (κ3) is 6.22. The minimum absolute atomic E-state index is 0.00284. The number of carbonyl (C=O) groups excluding carboxylic acids is 2. The average molecular weight is 522 g/mol. The van der Waals surface area contributed by atoms with E-state index in [4.69, 9.17) is 16.6 Å². The number of amides is 2. The van der Waals surface area contributed by atoms with Crippen molar-refractivity contribution in [3.05, 3.63) is 71.3 Å². The highest BCUT2D eigenvalue weighted by molar-refractivity contribution is 6.30. The van der Waals surface area contributed by atoms with Crippen LogP contribution in [0.1, 0.15) is 56.5 Å². The lowest BCUT2D eigenvalue weighted by atomic mass is 9.88. The number of carbonyl (C=O) groups is 2. The predicted octanol–water partition coefficient (Wildman–Crippen LogP) is 5.64. The molecule has 3 aromatic rings. The van der Waals surface area contributed by atoms with Gasteiger partial charge in [0.15, 0.2) is 0 Å². The van der Waals surface area contributed by atoms with Gasteiger partial charge in [0.05, 0.1) is 17.1 Å². The van der Waals surface area contributed by atoms with Gasteiger partial charge >= 0.3 is 0 Å². The zero-order valence-electron chi connectivity index (χ0n) is 22.1. The topological polar surface area (TPSA) is 79.3 Å². The van der Waals surface area contributed by atoms with Crippen LogP contribution in [-0.2, 0) is 17.9 Å². The van der Waals surface area contributed by atoms with Gasteiger partial charge in [0.25, 0.3) is 5.91 Å². The second kappa shape index (κ2) is 11.1. The van der Waals surface area contributed by atoms with Crippen LogP contribution in [0, 0.1) is 5.41 Å². The zero-order chi connectivity index (χ0) is 26.7. The van der Waals surface area contributed by atoms with E-state index in [-0.39, 0.29) is 23.3 Å². The number of benzene rings is 2.